The van der Waals surface area contributed by atoms with Crippen LogP contribution in [0.2, 0.25) is 0 Å². The van der Waals surface area contributed by atoms with Crippen molar-refractivity contribution < 1.29 is 4.79 Å². The van der Waals surface area contributed by atoms with Gasteiger partial charge in [-0.2, -0.15) is 0 Å². The monoisotopic (exact) mass is 210 g/mol. The average molecular weight is 210 g/mol. The molecule has 2 aliphatic carbocycles. The van der Waals surface area contributed by atoms with E-state index in [1.807, 2.05) is 0 Å². The zero-order valence-electron chi connectivity index (χ0n) is 9.54. The Morgan fingerprint density at radius 1 is 1.27 bits per heavy atom. The van der Waals surface area contributed by atoms with Crippen molar-refractivity contribution >= 4 is 5.91 Å². The lowest BCUT2D eigenvalue weighted by atomic mass is 9.80. The van der Waals surface area contributed by atoms with E-state index in [0.717, 1.165) is 19.3 Å². The number of nitrogens with two attached hydrogens (primary N) is 1. The predicted molar refractivity (Wildman–Crippen MR) is 60.3 cm³/mol. The van der Waals surface area contributed by atoms with Crippen LogP contribution in [0, 0.1) is 11.8 Å². The molecular weight excluding hydrogens is 188 g/mol. The molecule has 3 N–H and O–H groups in total. The van der Waals surface area contributed by atoms with Crippen molar-refractivity contribution in [3.63, 3.8) is 0 Å². The first-order valence-corrected chi connectivity index (χ1v) is 6.24. The van der Waals surface area contributed by atoms with Crippen molar-refractivity contribution in [1.82, 2.24) is 5.32 Å². The largest absolute Gasteiger partial charge is 0.353 e. The van der Waals surface area contributed by atoms with Gasteiger partial charge in [0.15, 0.2) is 0 Å². The highest BCUT2D eigenvalue weighted by Gasteiger charge is 2.32. The van der Waals surface area contributed by atoms with Gasteiger partial charge in [-0.15, -0.1) is 0 Å². The fourth-order valence-corrected chi connectivity index (χ4v) is 2.70. The molecule has 0 heterocycles. The Hall–Kier alpha value is -0.570. The molecule has 2 rings (SSSR count). The Labute approximate surface area is 91.8 Å². The summed E-state index contributed by atoms with van der Waals surface area (Å²) in [6, 6.07) is 0.442. The molecular formula is C12H22N2O. The van der Waals surface area contributed by atoms with Crippen LogP contribution >= 0.6 is 0 Å². The number of hydrogen-bond donors (Lipinski definition) is 2. The molecule has 2 saturated carbocycles. The topological polar surface area (TPSA) is 55.1 Å². The third kappa shape index (κ3) is 2.33. The molecule has 15 heavy (non-hydrogen) atoms. The fraction of sp³-hybridized carbons (Fsp3) is 0.917. The highest BCUT2D eigenvalue weighted by Crippen LogP contribution is 2.30. The zero-order chi connectivity index (χ0) is 10.8. The van der Waals surface area contributed by atoms with Crippen molar-refractivity contribution in [1.29, 1.82) is 0 Å². The SMILES string of the molecule is CC(NC(=O)C1CCCC1N)C1CCC1. The van der Waals surface area contributed by atoms with E-state index in [1.54, 1.807) is 0 Å². The van der Waals surface area contributed by atoms with Gasteiger partial charge >= 0.3 is 0 Å². The average Bonchev–Trinajstić information content (AvgIpc) is 2.47. The van der Waals surface area contributed by atoms with Gasteiger partial charge in [0.25, 0.3) is 0 Å². The lowest BCUT2D eigenvalue weighted by molar-refractivity contribution is -0.126. The van der Waals surface area contributed by atoms with Gasteiger partial charge in [-0.25, -0.2) is 0 Å². The summed E-state index contributed by atoms with van der Waals surface area (Å²) in [6.45, 7) is 2.13. The Balaban J connectivity index is 1.80. The van der Waals surface area contributed by atoms with Gasteiger partial charge in [0.1, 0.15) is 0 Å². The van der Waals surface area contributed by atoms with Crippen molar-refractivity contribution in [3.05, 3.63) is 0 Å². The first-order valence-electron chi connectivity index (χ1n) is 6.24. The number of carbonyl (C=O) groups excluding carboxylic acids is 1. The Morgan fingerprint density at radius 3 is 2.40 bits per heavy atom. The van der Waals surface area contributed by atoms with Crippen molar-refractivity contribution in [2.45, 2.75) is 57.5 Å². The number of hydrogen-bond acceptors (Lipinski definition) is 2. The number of rotatable bonds is 3. The Bertz CT molecular complexity index is 238. The normalized spacial score (nSPS) is 33.5. The van der Waals surface area contributed by atoms with Gasteiger partial charge in [-0.05, 0) is 38.5 Å². The number of nitrogens with one attached hydrogen (secondary N) is 1. The first kappa shape index (κ1) is 10.9. The molecule has 2 fully saturated rings. The summed E-state index contributed by atoms with van der Waals surface area (Å²) in [5.74, 6) is 0.985. The lowest BCUT2D eigenvalue weighted by Gasteiger charge is -2.32. The van der Waals surface area contributed by atoms with Gasteiger partial charge < -0.3 is 11.1 Å². The molecule has 0 saturated heterocycles. The van der Waals surface area contributed by atoms with E-state index < -0.39 is 0 Å². The molecule has 2 aliphatic rings. The molecule has 3 unspecified atom stereocenters. The molecule has 3 nitrogen and oxygen atoms in total. The predicted octanol–water partition coefficient (Wildman–Crippen LogP) is 1.42. The lowest BCUT2D eigenvalue weighted by Crippen LogP contribution is -2.46. The van der Waals surface area contributed by atoms with Crippen molar-refractivity contribution in [2.24, 2.45) is 17.6 Å². The van der Waals surface area contributed by atoms with E-state index in [0.29, 0.717) is 12.0 Å². The van der Waals surface area contributed by atoms with E-state index in [1.165, 1.54) is 19.3 Å². The summed E-state index contributed by atoms with van der Waals surface area (Å²) in [4.78, 5) is 11.9. The first-order chi connectivity index (χ1) is 7.18. The molecule has 0 aromatic heterocycles. The second kappa shape index (κ2) is 4.52. The minimum atomic E-state index is 0.0764. The smallest absolute Gasteiger partial charge is 0.224 e. The summed E-state index contributed by atoms with van der Waals surface area (Å²) in [5.41, 5.74) is 5.92. The zero-order valence-corrected chi connectivity index (χ0v) is 9.54. The van der Waals surface area contributed by atoms with Gasteiger partial charge in [0.05, 0.1) is 5.92 Å². The van der Waals surface area contributed by atoms with Crippen LogP contribution in [-0.4, -0.2) is 18.0 Å². The summed E-state index contributed by atoms with van der Waals surface area (Å²) < 4.78 is 0. The van der Waals surface area contributed by atoms with Crippen LogP contribution in [0.15, 0.2) is 0 Å². The van der Waals surface area contributed by atoms with Gasteiger partial charge in [0, 0.05) is 12.1 Å². The minimum absolute atomic E-state index is 0.0764. The fourth-order valence-electron chi connectivity index (χ4n) is 2.70. The van der Waals surface area contributed by atoms with Crippen LogP contribution in [0.5, 0.6) is 0 Å². The molecule has 0 spiro atoms. The maximum absolute atomic E-state index is 11.9. The molecule has 0 radical (unpaired) electrons. The quantitative estimate of drug-likeness (QED) is 0.740. The van der Waals surface area contributed by atoms with Crippen LogP contribution in [0.3, 0.4) is 0 Å². The van der Waals surface area contributed by atoms with Crippen LogP contribution in [0.25, 0.3) is 0 Å². The van der Waals surface area contributed by atoms with Gasteiger partial charge in [-0.1, -0.05) is 12.8 Å². The number of carbonyl (C=O) groups is 1. The summed E-state index contributed by atoms with van der Waals surface area (Å²) in [6.07, 6.45) is 6.97. The second-order valence-corrected chi connectivity index (χ2v) is 5.19. The van der Waals surface area contributed by atoms with Gasteiger partial charge in [-0.3, -0.25) is 4.79 Å². The van der Waals surface area contributed by atoms with E-state index in [-0.39, 0.29) is 17.9 Å². The highest BCUT2D eigenvalue weighted by molar-refractivity contribution is 5.80. The summed E-state index contributed by atoms with van der Waals surface area (Å²) >= 11 is 0. The Kier molecular flexibility index (Phi) is 3.29. The van der Waals surface area contributed by atoms with Crippen molar-refractivity contribution in [2.75, 3.05) is 0 Å². The third-order valence-corrected chi connectivity index (χ3v) is 4.13. The van der Waals surface area contributed by atoms with Crippen LogP contribution < -0.4 is 11.1 Å². The summed E-state index contributed by atoms with van der Waals surface area (Å²) in [7, 11) is 0. The highest BCUT2D eigenvalue weighted by atomic mass is 16.2. The summed E-state index contributed by atoms with van der Waals surface area (Å²) in [5, 5.41) is 3.14. The van der Waals surface area contributed by atoms with E-state index in [9.17, 15) is 4.79 Å². The molecule has 1 amide bonds. The van der Waals surface area contributed by atoms with Crippen molar-refractivity contribution in [3.8, 4) is 0 Å². The van der Waals surface area contributed by atoms with Crippen LogP contribution in [0.4, 0.5) is 0 Å². The maximum atomic E-state index is 11.9. The molecule has 0 aromatic rings. The van der Waals surface area contributed by atoms with Crippen LogP contribution in [0.1, 0.15) is 45.4 Å². The molecule has 0 aromatic carbocycles. The third-order valence-electron chi connectivity index (χ3n) is 4.13. The molecule has 86 valence electrons. The van der Waals surface area contributed by atoms with E-state index in [2.05, 4.69) is 12.2 Å². The minimum Gasteiger partial charge on any atom is -0.353 e. The Morgan fingerprint density at radius 2 is 1.93 bits per heavy atom. The molecule has 3 heteroatoms. The van der Waals surface area contributed by atoms with Gasteiger partial charge in [0.2, 0.25) is 5.91 Å². The molecule has 0 bridgehead atoms. The second-order valence-electron chi connectivity index (χ2n) is 5.19. The standard InChI is InChI=1S/C12H22N2O/c1-8(9-4-2-5-9)14-12(15)10-6-3-7-11(10)13/h8-11H,2-7,13H2,1H3,(H,14,15). The molecule has 0 aliphatic heterocycles. The van der Waals surface area contributed by atoms with E-state index >= 15 is 0 Å². The van der Waals surface area contributed by atoms with Crippen LogP contribution in [-0.2, 0) is 4.79 Å². The molecule has 3 atom stereocenters. The number of amides is 1. The maximum Gasteiger partial charge on any atom is 0.224 e. The van der Waals surface area contributed by atoms with E-state index in [4.69, 9.17) is 5.73 Å².